The monoisotopic (exact) mass is 423 g/mol. The summed E-state index contributed by atoms with van der Waals surface area (Å²) in [6.45, 7) is 0.319. The molecule has 152 valence electrons. The third kappa shape index (κ3) is 4.13. The van der Waals surface area contributed by atoms with Crippen molar-refractivity contribution < 1.29 is 18.8 Å². The number of thiazole rings is 1. The summed E-state index contributed by atoms with van der Waals surface area (Å²) >= 11 is 1.20. The van der Waals surface area contributed by atoms with Gasteiger partial charge in [0.05, 0.1) is 14.2 Å². The zero-order valence-electron chi connectivity index (χ0n) is 16.2. The molecule has 0 bridgehead atoms. The number of aromatic nitrogens is 4. The number of pyridine rings is 1. The molecule has 4 rings (SSSR count). The van der Waals surface area contributed by atoms with E-state index in [1.54, 1.807) is 44.1 Å². The molecule has 1 aromatic carbocycles. The van der Waals surface area contributed by atoms with Gasteiger partial charge >= 0.3 is 0 Å². The van der Waals surface area contributed by atoms with Crippen LogP contribution < -0.4 is 14.8 Å². The topological polar surface area (TPSA) is 112 Å². The fourth-order valence-corrected chi connectivity index (χ4v) is 3.37. The maximum Gasteiger partial charge on any atom is 0.280 e. The lowest BCUT2D eigenvalue weighted by Crippen LogP contribution is -2.22. The van der Waals surface area contributed by atoms with Gasteiger partial charge in [-0.05, 0) is 29.8 Å². The van der Waals surface area contributed by atoms with Crippen LogP contribution in [-0.2, 0) is 6.54 Å². The van der Waals surface area contributed by atoms with Gasteiger partial charge in [0.25, 0.3) is 11.8 Å². The molecule has 9 nitrogen and oxygen atoms in total. The average Bonchev–Trinajstić information content (AvgIpc) is 3.47. The van der Waals surface area contributed by atoms with Crippen molar-refractivity contribution in [3.05, 3.63) is 58.7 Å². The summed E-state index contributed by atoms with van der Waals surface area (Å²) in [6, 6.07) is 9.07. The molecule has 0 unspecified atom stereocenters. The highest BCUT2D eigenvalue weighted by Gasteiger charge is 2.17. The van der Waals surface area contributed by atoms with E-state index < -0.39 is 0 Å². The van der Waals surface area contributed by atoms with E-state index >= 15 is 0 Å². The number of hydrogen-bond acceptors (Lipinski definition) is 9. The molecule has 0 saturated heterocycles. The van der Waals surface area contributed by atoms with E-state index in [-0.39, 0.29) is 11.8 Å². The summed E-state index contributed by atoms with van der Waals surface area (Å²) in [4.78, 5) is 25.1. The molecule has 0 atom stereocenters. The number of hydrogen-bond donors (Lipinski definition) is 1. The molecule has 0 saturated carbocycles. The Labute approximate surface area is 175 Å². The summed E-state index contributed by atoms with van der Waals surface area (Å²) in [6.07, 6.45) is 3.31. The first-order chi connectivity index (χ1) is 14.7. The normalized spacial score (nSPS) is 10.6. The van der Waals surface area contributed by atoms with Gasteiger partial charge in [-0.3, -0.25) is 9.78 Å². The second-order valence-electron chi connectivity index (χ2n) is 6.07. The highest BCUT2D eigenvalue weighted by atomic mass is 32.1. The van der Waals surface area contributed by atoms with Gasteiger partial charge in [-0.25, -0.2) is 4.98 Å². The summed E-state index contributed by atoms with van der Waals surface area (Å²) in [5.74, 6) is 1.58. The van der Waals surface area contributed by atoms with Gasteiger partial charge in [-0.1, -0.05) is 11.2 Å². The van der Waals surface area contributed by atoms with Crippen LogP contribution >= 0.6 is 11.3 Å². The third-order valence-corrected chi connectivity index (χ3v) is 5.01. The molecule has 1 N–H and O–H groups in total. The first-order valence-corrected chi connectivity index (χ1v) is 9.75. The van der Waals surface area contributed by atoms with Crippen LogP contribution in [0.3, 0.4) is 0 Å². The van der Waals surface area contributed by atoms with Crippen LogP contribution in [0, 0.1) is 0 Å². The largest absolute Gasteiger partial charge is 0.493 e. The van der Waals surface area contributed by atoms with Gasteiger partial charge < -0.3 is 19.3 Å². The molecule has 10 heteroatoms. The van der Waals surface area contributed by atoms with E-state index in [0.717, 1.165) is 11.1 Å². The molecule has 0 aliphatic carbocycles. The van der Waals surface area contributed by atoms with Gasteiger partial charge in [-0.2, -0.15) is 4.98 Å². The minimum absolute atomic E-state index is 0.240. The van der Waals surface area contributed by atoms with Gasteiger partial charge in [0.2, 0.25) is 5.82 Å². The van der Waals surface area contributed by atoms with E-state index in [0.29, 0.717) is 34.6 Å². The van der Waals surface area contributed by atoms with Gasteiger partial charge in [-0.15, -0.1) is 11.3 Å². The fraction of sp³-hybridized carbons (Fsp3) is 0.150. The fourth-order valence-electron chi connectivity index (χ4n) is 2.66. The van der Waals surface area contributed by atoms with Crippen molar-refractivity contribution in [3.63, 3.8) is 0 Å². The molecule has 0 aliphatic heterocycles. The van der Waals surface area contributed by atoms with Crippen molar-refractivity contribution in [1.82, 2.24) is 25.4 Å². The van der Waals surface area contributed by atoms with Crippen LogP contribution in [0.4, 0.5) is 0 Å². The maximum atomic E-state index is 12.5. The summed E-state index contributed by atoms with van der Waals surface area (Å²) in [5.41, 5.74) is 2.05. The SMILES string of the molecule is COc1ccc(CNC(=O)c2nc(-c3nc(-c4cccnc4)no3)cs2)cc1OC. The van der Waals surface area contributed by atoms with Gasteiger partial charge in [0.15, 0.2) is 16.5 Å². The van der Waals surface area contributed by atoms with E-state index in [1.165, 1.54) is 11.3 Å². The average molecular weight is 423 g/mol. The van der Waals surface area contributed by atoms with Crippen LogP contribution in [0.15, 0.2) is 52.6 Å². The van der Waals surface area contributed by atoms with E-state index in [4.69, 9.17) is 14.0 Å². The van der Waals surface area contributed by atoms with Crippen LogP contribution in [0.1, 0.15) is 15.4 Å². The Morgan fingerprint density at radius 3 is 2.80 bits per heavy atom. The molecule has 3 aromatic heterocycles. The Hall–Kier alpha value is -3.79. The van der Waals surface area contributed by atoms with Crippen LogP contribution in [-0.4, -0.2) is 40.2 Å². The number of benzene rings is 1. The van der Waals surface area contributed by atoms with Crippen LogP contribution in [0.2, 0.25) is 0 Å². The lowest BCUT2D eigenvalue weighted by Gasteiger charge is -2.09. The van der Waals surface area contributed by atoms with Crippen molar-refractivity contribution in [2.75, 3.05) is 14.2 Å². The molecule has 0 aliphatic rings. The standard InChI is InChI=1S/C20H17N5O4S/c1-27-15-6-5-12(8-16(15)28-2)9-22-18(26)20-23-14(11-30-20)19-24-17(25-29-19)13-4-3-7-21-10-13/h3-8,10-11H,9H2,1-2H3,(H,22,26). The Kier molecular flexibility index (Phi) is 5.66. The summed E-state index contributed by atoms with van der Waals surface area (Å²) < 4.78 is 15.8. The number of methoxy groups -OCH3 is 2. The third-order valence-electron chi connectivity index (χ3n) is 4.16. The molecule has 4 aromatic rings. The van der Waals surface area contributed by atoms with Crippen molar-refractivity contribution in [2.45, 2.75) is 6.54 Å². The zero-order valence-corrected chi connectivity index (χ0v) is 17.0. The van der Waals surface area contributed by atoms with E-state index in [2.05, 4.69) is 25.4 Å². The summed E-state index contributed by atoms with van der Waals surface area (Å²) in [7, 11) is 3.14. The van der Waals surface area contributed by atoms with Crippen molar-refractivity contribution in [3.8, 4) is 34.5 Å². The highest BCUT2D eigenvalue weighted by molar-refractivity contribution is 7.12. The lowest BCUT2D eigenvalue weighted by molar-refractivity contribution is 0.0950. The van der Waals surface area contributed by atoms with Crippen LogP contribution in [0.25, 0.3) is 23.0 Å². The molecule has 3 heterocycles. The van der Waals surface area contributed by atoms with E-state index in [9.17, 15) is 4.79 Å². The van der Waals surface area contributed by atoms with Gasteiger partial charge in [0.1, 0.15) is 5.69 Å². The molecular weight excluding hydrogens is 406 g/mol. The number of nitrogens with zero attached hydrogens (tertiary/aromatic N) is 4. The smallest absolute Gasteiger partial charge is 0.280 e. The van der Waals surface area contributed by atoms with Crippen molar-refractivity contribution >= 4 is 17.2 Å². The number of rotatable bonds is 7. The number of carbonyl (C=O) groups is 1. The zero-order chi connectivity index (χ0) is 20.9. The molecular formula is C20H17N5O4S. The minimum Gasteiger partial charge on any atom is -0.493 e. The minimum atomic E-state index is -0.298. The number of carbonyl (C=O) groups excluding carboxylic acids is 1. The quantitative estimate of drug-likeness (QED) is 0.482. The second kappa shape index (κ2) is 8.70. The van der Waals surface area contributed by atoms with Crippen LogP contribution in [0.5, 0.6) is 11.5 Å². The Morgan fingerprint density at radius 1 is 1.17 bits per heavy atom. The van der Waals surface area contributed by atoms with E-state index in [1.807, 2.05) is 18.2 Å². The highest BCUT2D eigenvalue weighted by Crippen LogP contribution is 2.27. The van der Waals surface area contributed by atoms with Crippen molar-refractivity contribution in [1.29, 1.82) is 0 Å². The van der Waals surface area contributed by atoms with Crippen molar-refractivity contribution in [2.24, 2.45) is 0 Å². The number of amides is 1. The molecule has 30 heavy (non-hydrogen) atoms. The van der Waals surface area contributed by atoms with Gasteiger partial charge in [0, 0.05) is 29.9 Å². The maximum absolute atomic E-state index is 12.5. The Balaban J connectivity index is 1.43. The predicted molar refractivity (Wildman–Crippen MR) is 109 cm³/mol. The molecule has 0 radical (unpaired) electrons. The molecule has 0 spiro atoms. The first kappa shape index (κ1) is 19.5. The Bertz CT molecular complexity index is 1160. The molecule has 0 fully saturated rings. The molecule has 1 amide bonds. The predicted octanol–water partition coefficient (Wildman–Crippen LogP) is 3.20. The first-order valence-electron chi connectivity index (χ1n) is 8.87. The number of ether oxygens (including phenoxy) is 2. The summed E-state index contributed by atoms with van der Waals surface area (Å²) in [5, 5.41) is 8.77. The Morgan fingerprint density at radius 2 is 2.03 bits per heavy atom. The lowest BCUT2D eigenvalue weighted by atomic mass is 10.2. The number of nitrogens with one attached hydrogen (secondary N) is 1. The second-order valence-corrected chi connectivity index (χ2v) is 6.93.